The summed E-state index contributed by atoms with van der Waals surface area (Å²) in [5.74, 6) is -2.20. The molecule has 2 atom stereocenters. The Kier molecular flexibility index (Phi) is 6.24. The molecule has 1 aromatic carbocycles. The first kappa shape index (κ1) is 22.6. The van der Waals surface area contributed by atoms with Gasteiger partial charge in [-0.2, -0.15) is 0 Å². The lowest BCUT2D eigenvalue weighted by Crippen LogP contribution is -2.71. The number of phenols is 1. The number of hydrogen-bond acceptors (Lipinski definition) is 11. The maximum Gasteiger partial charge on any atom is 0.352 e. The number of hydrogen-bond donors (Lipinski definition) is 4. The number of benzene rings is 1. The molecule has 172 valence electrons. The van der Waals surface area contributed by atoms with Gasteiger partial charge in [0.25, 0.3) is 11.8 Å². The van der Waals surface area contributed by atoms with Gasteiger partial charge in [0.15, 0.2) is 5.71 Å². The number of β-lactam (4-membered cyclic amide) rings is 1. The summed E-state index contributed by atoms with van der Waals surface area (Å²) in [5, 5.41) is 45.1. The van der Waals surface area contributed by atoms with E-state index in [1.165, 1.54) is 52.5 Å². The molecule has 0 spiro atoms. The Bertz CT molecular complexity index is 1200. The number of aryl methyl sites for hydroxylation is 1. The molecule has 0 radical (unpaired) electrons. The highest BCUT2D eigenvalue weighted by Crippen LogP contribution is 2.41. The van der Waals surface area contributed by atoms with Gasteiger partial charge in [-0.1, -0.05) is 29.1 Å². The molecule has 2 aliphatic heterocycles. The van der Waals surface area contributed by atoms with E-state index in [2.05, 4.69) is 26.0 Å². The zero-order valence-electron chi connectivity index (χ0n) is 16.9. The second-order valence-electron chi connectivity index (χ2n) is 6.99. The smallest absolute Gasteiger partial charge is 0.352 e. The van der Waals surface area contributed by atoms with E-state index in [-0.39, 0.29) is 28.5 Å². The van der Waals surface area contributed by atoms with Crippen molar-refractivity contribution in [2.24, 2.45) is 12.2 Å². The van der Waals surface area contributed by atoms with Crippen molar-refractivity contribution in [3.63, 3.8) is 0 Å². The van der Waals surface area contributed by atoms with E-state index in [9.17, 15) is 29.8 Å². The number of carboxylic acids is 1. The van der Waals surface area contributed by atoms with Gasteiger partial charge in [0.2, 0.25) is 5.16 Å². The van der Waals surface area contributed by atoms with Crippen LogP contribution in [0.5, 0.6) is 5.75 Å². The number of aromatic hydroxyl groups is 1. The minimum Gasteiger partial charge on any atom is -0.508 e. The van der Waals surface area contributed by atoms with Gasteiger partial charge in [-0.25, -0.2) is 9.48 Å². The number of fused-ring (bicyclic) bond motifs is 1. The first-order chi connectivity index (χ1) is 15.8. The Labute approximate surface area is 194 Å². The van der Waals surface area contributed by atoms with Crippen LogP contribution in [0.15, 0.2) is 45.8 Å². The fourth-order valence-corrected chi connectivity index (χ4v) is 5.72. The topological polar surface area (TPSA) is 183 Å². The fraction of sp³-hybridized carbons (Fsp3) is 0.278. The summed E-state index contributed by atoms with van der Waals surface area (Å²) >= 11 is 2.56. The maximum atomic E-state index is 12.8. The summed E-state index contributed by atoms with van der Waals surface area (Å²) in [7, 11) is 1.66. The average molecular weight is 492 g/mol. The summed E-state index contributed by atoms with van der Waals surface area (Å²) in [6.07, 6.45) is 0. The number of carbonyl (C=O) groups excluding carboxylic acids is 2. The van der Waals surface area contributed by atoms with Gasteiger partial charge in [0.1, 0.15) is 22.9 Å². The number of tetrazole rings is 1. The maximum absolute atomic E-state index is 12.8. The first-order valence-electron chi connectivity index (χ1n) is 9.39. The van der Waals surface area contributed by atoms with Crippen LogP contribution in [0.3, 0.4) is 0 Å². The fourth-order valence-electron chi connectivity index (χ4n) is 3.39. The summed E-state index contributed by atoms with van der Waals surface area (Å²) in [4.78, 5) is 38.5. The van der Waals surface area contributed by atoms with Crippen molar-refractivity contribution in [1.82, 2.24) is 30.4 Å². The lowest BCUT2D eigenvalue weighted by Gasteiger charge is -2.49. The molecule has 1 saturated heterocycles. The van der Waals surface area contributed by atoms with Gasteiger partial charge in [0.05, 0.1) is 0 Å². The molecule has 15 heteroatoms. The van der Waals surface area contributed by atoms with E-state index in [0.717, 1.165) is 4.90 Å². The van der Waals surface area contributed by atoms with Crippen molar-refractivity contribution in [2.75, 3.05) is 11.5 Å². The normalized spacial score (nSPS) is 20.3. The van der Waals surface area contributed by atoms with Gasteiger partial charge < -0.3 is 20.7 Å². The zero-order chi connectivity index (χ0) is 23.7. The molecule has 1 aromatic heterocycles. The highest BCUT2D eigenvalue weighted by molar-refractivity contribution is 8.01. The monoisotopic (exact) mass is 491 g/mol. The molecule has 1 fully saturated rings. The third kappa shape index (κ3) is 4.23. The highest BCUT2D eigenvalue weighted by Gasteiger charge is 2.54. The number of carbonyl (C=O) groups is 3. The molecule has 2 aliphatic rings. The van der Waals surface area contributed by atoms with Gasteiger partial charge >= 0.3 is 5.97 Å². The number of carboxylic acid groups (broad SMARTS) is 1. The molecule has 2 amide bonds. The molecular weight excluding hydrogens is 474 g/mol. The Morgan fingerprint density at radius 1 is 1.39 bits per heavy atom. The van der Waals surface area contributed by atoms with E-state index in [1.807, 2.05) is 0 Å². The van der Waals surface area contributed by atoms with Crippen molar-refractivity contribution >= 4 is 47.0 Å². The van der Waals surface area contributed by atoms with Crippen LogP contribution in [-0.4, -0.2) is 86.9 Å². The standard InChI is InChI=1S/C18H17N7O6S2/c1-24-18(20-22-23-24)33-7-9-6-32-16-12(15(28)25(16)13(9)17(29)30)19-14(27)11(21-31)8-3-2-4-10(26)5-8/h2-5,12,16,26,31H,6-7H2,1H3,(H,19,27)(H,29,30)/t12?,16-/m1/s1. The van der Waals surface area contributed by atoms with Crippen LogP contribution in [0, 0.1) is 0 Å². The van der Waals surface area contributed by atoms with Crippen LogP contribution in [0.2, 0.25) is 0 Å². The van der Waals surface area contributed by atoms with Crippen LogP contribution in [0.25, 0.3) is 0 Å². The summed E-state index contributed by atoms with van der Waals surface area (Å²) in [6.45, 7) is 0. The molecular formula is C18H17N7O6S2. The zero-order valence-corrected chi connectivity index (χ0v) is 18.6. The molecule has 13 nitrogen and oxygen atoms in total. The van der Waals surface area contributed by atoms with E-state index >= 15 is 0 Å². The number of aliphatic carboxylic acids is 1. The number of thioether (sulfide) groups is 2. The largest absolute Gasteiger partial charge is 0.508 e. The van der Waals surface area contributed by atoms with Gasteiger partial charge in [-0.15, -0.1) is 16.9 Å². The predicted molar refractivity (Wildman–Crippen MR) is 116 cm³/mol. The van der Waals surface area contributed by atoms with Gasteiger partial charge in [-0.05, 0) is 28.1 Å². The highest BCUT2D eigenvalue weighted by atomic mass is 32.2. The Morgan fingerprint density at radius 3 is 2.82 bits per heavy atom. The molecule has 0 aliphatic carbocycles. The molecule has 4 N–H and O–H groups in total. The molecule has 2 aromatic rings. The SMILES string of the molecule is Cn1nnnc1SCC1=C(C(=O)O)N2C(=O)C(NC(=O)C(=NO)c3cccc(O)c3)[C@H]2SC1. The van der Waals surface area contributed by atoms with Crippen molar-refractivity contribution in [3.05, 3.63) is 41.1 Å². The molecule has 0 saturated carbocycles. The number of aromatic nitrogens is 4. The first-order valence-corrected chi connectivity index (χ1v) is 11.4. The molecule has 4 rings (SSSR count). The van der Waals surface area contributed by atoms with Crippen LogP contribution in [0.1, 0.15) is 5.56 Å². The van der Waals surface area contributed by atoms with Crippen LogP contribution >= 0.6 is 23.5 Å². The van der Waals surface area contributed by atoms with E-state index in [4.69, 9.17) is 0 Å². The third-order valence-electron chi connectivity index (χ3n) is 4.93. The van der Waals surface area contributed by atoms with Crippen molar-refractivity contribution < 1.29 is 29.8 Å². The Balaban J connectivity index is 1.49. The number of rotatable bonds is 7. The molecule has 3 heterocycles. The molecule has 0 bridgehead atoms. The number of nitrogens with zero attached hydrogens (tertiary/aromatic N) is 6. The Hall–Kier alpha value is -3.59. The van der Waals surface area contributed by atoms with E-state index in [1.54, 1.807) is 7.05 Å². The number of phenolic OH excluding ortho intramolecular Hbond substituents is 1. The average Bonchev–Trinajstić information content (AvgIpc) is 3.20. The number of oxime groups is 1. The third-order valence-corrected chi connectivity index (χ3v) is 7.36. The van der Waals surface area contributed by atoms with Gasteiger partial charge in [-0.3, -0.25) is 14.5 Å². The van der Waals surface area contributed by atoms with Gasteiger partial charge in [0, 0.05) is 24.1 Å². The van der Waals surface area contributed by atoms with E-state index in [0.29, 0.717) is 16.5 Å². The lowest BCUT2D eigenvalue weighted by atomic mass is 10.0. The minimum atomic E-state index is -1.25. The quantitative estimate of drug-likeness (QED) is 0.130. The van der Waals surface area contributed by atoms with Crippen LogP contribution in [0.4, 0.5) is 0 Å². The van der Waals surface area contributed by atoms with Crippen molar-refractivity contribution in [3.8, 4) is 5.75 Å². The minimum absolute atomic E-state index is 0.124. The van der Waals surface area contributed by atoms with E-state index < -0.39 is 29.2 Å². The lowest BCUT2D eigenvalue weighted by molar-refractivity contribution is -0.150. The second-order valence-corrected chi connectivity index (χ2v) is 9.04. The van der Waals surface area contributed by atoms with Crippen molar-refractivity contribution in [1.29, 1.82) is 0 Å². The summed E-state index contributed by atoms with van der Waals surface area (Å²) in [5.41, 5.74) is 0.174. The van der Waals surface area contributed by atoms with Crippen LogP contribution < -0.4 is 5.32 Å². The van der Waals surface area contributed by atoms with Crippen molar-refractivity contribution in [2.45, 2.75) is 16.6 Å². The number of amides is 2. The summed E-state index contributed by atoms with van der Waals surface area (Å²) in [6, 6.07) is 4.56. The summed E-state index contributed by atoms with van der Waals surface area (Å²) < 4.78 is 1.46. The Morgan fingerprint density at radius 2 is 2.18 bits per heavy atom. The molecule has 1 unspecified atom stereocenters. The number of nitrogens with one attached hydrogen (secondary N) is 1. The second kappa shape index (κ2) is 9.11. The molecule has 33 heavy (non-hydrogen) atoms. The van der Waals surface area contributed by atoms with Crippen LogP contribution in [-0.2, 0) is 21.4 Å². The predicted octanol–water partition coefficient (Wildman–Crippen LogP) is -0.375.